The van der Waals surface area contributed by atoms with Crippen molar-refractivity contribution in [2.45, 2.75) is 70.8 Å². The molecule has 120 valence electrons. The van der Waals surface area contributed by atoms with E-state index in [1.54, 1.807) is 0 Å². The molecule has 0 spiro atoms. The average Bonchev–Trinajstić information content (AvgIpc) is 2.36. The number of carbonyl (C=O) groups excluding carboxylic acids is 1. The molecule has 0 heterocycles. The molecule has 8 heteroatoms. The van der Waals surface area contributed by atoms with Gasteiger partial charge >= 0.3 is 115 Å². The zero-order valence-corrected chi connectivity index (χ0v) is 20.3. The number of hydrogen-bond donors (Lipinski definition) is 3. The third-order valence-electron chi connectivity index (χ3n) is 3.02. The van der Waals surface area contributed by atoms with Crippen molar-refractivity contribution in [1.29, 1.82) is 0 Å². The Morgan fingerprint density at radius 3 is 1.91 bits per heavy atom. The van der Waals surface area contributed by atoms with Crippen molar-refractivity contribution in [3.8, 4) is 0 Å². The van der Waals surface area contributed by atoms with Gasteiger partial charge in [0.15, 0.2) is 0 Å². The zero-order chi connectivity index (χ0) is 15.4. The maximum atomic E-state index is 11.5. The second-order valence-corrected chi connectivity index (χ2v) is 4.93. The van der Waals surface area contributed by atoms with Crippen molar-refractivity contribution in [3.05, 3.63) is 0 Å². The fourth-order valence-corrected chi connectivity index (χ4v) is 1.88. The van der Waals surface area contributed by atoms with E-state index < -0.39 is 30.3 Å². The van der Waals surface area contributed by atoms with Gasteiger partial charge in [0.25, 0.3) is 0 Å². The molecule has 1 atom stereocenters. The van der Waals surface area contributed by atoms with E-state index in [0.29, 0.717) is 6.42 Å². The second kappa shape index (κ2) is 19.0. The summed E-state index contributed by atoms with van der Waals surface area (Å²) in [6, 6.07) is -1.34. The molecule has 0 fully saturated rings. The minimum Gasteiger partial charge on any atom is -1.00 e. The largest absolute Gasteiger partial charge is 1.00 e. The van der Waals surface area contributed by atoms with Crippen LogP contribution < -0.4 is 108 Å². The Balaban J connectivity index is -0.000000301. The number of carboxylic acids is 2. The molecule has 22 heavy (non-hydrogen) atoms. The molecule has 0 radical (unpaired) electrons. The van der Waals surface area contributed by atoms with Crippen LogP contribution in [0.4, 0.5) is 0 Å². The summed E-state index contributed by atoms with van der Waals surface area (Å²) in [6.07, 6.45) is 7.17. The summed E-state index contributed by atoms with van der Waals surface area (Å²) in [5, 5.41) is 19.6. The van der Waals surface area contributed by atoms with Crippen LogP contribution in [0.25, 0.3) is 0 Å². The summed E-state index contributed by atoms with van der Waals surface area (Å²) in [5.74, 6) is -2.96. The van der Waals surface area contributed by atoms with Crippen molar-refractivity contribution in [1.82, 2.24) is 5.32 Å². The maximum absolute atomic E-state index is 11.5. The second-order valence-electron chi connectivity index (χ2n) is 4.93. The van der Waals surface area contributed by atoms with Crippen LogP contribution >= 0.6 is 0 Å². The fraction of sp³-hybridized carbons (Fsp3) is 0.786. The van der Waals surface area contributed by atoms with Gasteiger partial charge < -0.3 is 18.4 Å². The van der Waals surface area contributed by atoms with Crippen molar-refractivity contribution in [2.24, 2.45) is 0 Å². The van der Waals surface area contributed by atoms with E-state index in [2.05, 4.69) is 12.2 Å². The van der Waals surface area contributed by atoms with E-state index in [-0.39, 0.29) is 112 Å². The van der Waals surface area contributed by atoms with Crippen LogP contribution in [0.5, 0.6) is 0 Å². The number of carbonyl (C=O) groups is 3. The number of amides is 1. The summed E-state index contributed by atoms with van der Waals surface area (Å²) < 4.78 is 0. The maximum Gasteiger partial charge on any atom is 1.00 e. The molecular formula is C14H27K2NO5. The van der Waals surface area contributed by atoms with E-state index in [4.69, 9.17) is 10.2 Å². The van der Waals surface area contributed by atoms with Crippen LogP contribution in [0.3, 0.4) is 0 Å². The van der Waals surface area contributed by atoms with Gasteiger partial charge in [-0.15, -0.1) is 0 Å². The summed E-state index contributed by atoms with van der Waals surface area (Å²) in [7, 11) is 0. The van der Waals surface area contributed by atoms with E-state index in [0.717, 1.165) is 19.3 Å². The Hall–Kier alpha value is 1.68. The van der Waals surface area contributed by atoms with Crippen LogP contribution in [-0.4, -0.2) is 34.1 Å². The molecule has 0 aromatic heterocycles. The van der Waals surface area contributed by atoms with Gasteiger partial charge in [-0.3, -0.25) is 9.59 Å². The number of nitrogens with one attached hydrogen (secondary N) is 1. The minimum atomic E-state index is -1.34. The standard InChI is InChI=1S/C14H25NO5.2K.2H/c1-2-3-4-5-6-7-8-9-12(16)15-11(14(19)20)10-13(17)18;;;;/h11H,2-10H2,1H3,(H,15,16)(H,17,18)(H,19,20);;;;/q;2*+1;2*-1/t11-;;;;/m0..../s1. The van der Waals surface area contributed by atoms with Crippen LogP contribution in [0, 0.1) is 0 Å². The fourth-order valence-electron chi connectivity index (χ4n) is 1.88. The third-order valence-corrected chi connectivity index (χ3v) is 3.02. The quantitative estimate of drug-likeness (QED) is 0.244. The molecule has 0 aliphatic carbocycles. The van der Waals surface area contributed by atoms with Crippen LogP contribution in [0.1, 0.15) is 67.6 Å². The van der Waals surface area contributed by atoms with E-state index in [9.17, 15) is 14.4 Å². The molecule has 0 saturated carbocycles. The van der Waals surface area contributed by atoms with Gasteiger partial charge in [0, 0.05) is 6.42 Å². The Morgan fingerprint density at radius 1 is 0.955 bits per heavy atom. The first-order chi connectivity index (χ1) is 9.47. The summed E-state index contributed by atoms with van der Waals surface area (Å²) in [6.45, 7) is 2.15. The normalized spacial score (nSPS) is 10.8. The van der Waals surface area contributed by atoms with Crippen LogP contribution in [0.2, 0.25) is 0 Å². The SMILES string of the molecule is CCCCCCCCCC(=O)N[C@@H](CC(=O)O)C(=O)O.[H-].[H-].[K+].[K+]. The van der Waals surface area contributed by atoms with E-state index in [1.807, 2.05) is 0 Å². The third kappa shape index (κ3) is 18.0. The van der Waals surface area contributed by atoms with Gasteiger partial charge in [0.1, 0.15) is 6.04 Å². The molecule has 0 aromatic carbocycles. The Morgan fingerprint density at radius 2 is 1.45 bits per heavy atom. The Labute approximate surface area is 220 Å². The first-order valence-electron chi connectivity index (χ1n) is 7.21. The molecule has 3 N–H and O–H groups in total. The number of carboxylic acid groups (broad SMARTS) is 2. The number of aliphatic carboxylic acids is 2. The first kappa shape index (κ1) is 28.5. The minimum absolute atomic E-state index is 0. The van der Waals surface area contributed by atoms with Crippen molar-refractivity contribution in [2.75, 3.05) is 0 Å². The average molecular weight is 368 g/mol. The molecule has 0 aromatic rings. The van der Waals surface area contributed by atoms with Crippen LogP contribution in [-0.2, 0) is 14.4 Å². The number of hydrogen-bond acceptors (Lipinski definition) is 3. The van der Waals surface area contributed by atoms with Crippen LogP contribution in [0.15, 0.2) is 0 Å². The smallest absolute Gasteiger partial charge is 1.00 e. The summed E-state index contributed by atoms with van der Waals surface area (Å²) >= 11 is 0. The van der Waals surface area contributed by atoms with Gasteiger partial charge in [-0.25, -0.2) is 4.79 Å². The Bertz CT molecular complexity index is 336. The molecule has 6 nitrogen and oxygen atoms in total. The molecule has 0 rings (SSSR count). The summed E-state index contributed by atoms with van der Waals surface area (Å²) in [5.41, 5.74) is 0. The predicted molar refractivity (Wildman–Crippen MR) is 76.7 cm³/mol. The predicted octanol–water partition coefficient (Wildman–Crippen LogP) is -3.60. The van der Waals surface area contributed by atoms with Gasteiger partial charge in [0.2, 0.25) is 5.91 Å². The molecule has 0 saturated heterocycles. The van der Waals surface area contributed by atoms with Gasteiger partial charge in [-0.05, 0) is 6.42 Å². The van der Waals surface area contributed by atoms with Crippen molar-refractivity contribution in [3.63, 3.8) is 0 Å². The monoisotopic (exact) mass is 367 g/mol. The molecule has 0 aliphatic rings. The van der Waals surface area contributed by atoms with Crippen molar-refractivity contribution >= 4 is 17.8 Å². The zero-order valence-electron chi connectivity index (χ0n) is 16.1. The molecule has 0 bridgehead atoms. The number of rotatable bonds is 12. The van der Waals surface area contributed by atoms with Gasteiger partial charge in [-0.2, -0.15) is 0 Å². The van der Waals surface area contributed by atoms with E-state index >= 15 is 0 Å². The number of unbranched alkanes of at least 4 members (excludes halogenated alkanes) is 6. The Kier molecular flexibility index (Phi) is 24.6. The van der Waals surface area contributed by atoms with Gasteiger partial charge in [0.05, 0.1) is 6.42 Å². The molecule has 0 aliphatic heterocycles. The summed E-state index contributed by atoms with van der Waals surface area (Å²) in [4.78, 5) is 32.7. The molecular weight excluding hydrogens is 340 g/mol. The first-order valence-corrected chi connectivity index (χ1v) is 7.21. The molecule has 1 amide bonds. The van der Waals surface area contributed by atoms with Gasteiger partial charge in [-0.1, -0.05) is 45.4 Å². The van der Waals surface area contributed by atoms with Crippen molar-refractivity contribution < 1.29 is 130 Å². The van der Waals surface area contributed by atoms with E-state index in [1.165, 1.54) is 19.3 Å². The topological polar surface area (TPSA) is 104 Å². The molecule has 0 unspecified atom stereocenters.